The van der Waals surface area contributed by atoms with E-state index in [9.17, 15) is 9.90 Å². The predicted molar refractivity (Wildman–Crippen MR) is 48.9 cm³/mol. The number of ether oxygens (including phenoxy) is 1. The maximum Gasteiger partial charge on any atom is 0.0784 e. The van der Waals surface area contributed by atoms with E-state index in [0.717, 1.165) is 32.1 Å². The van der Waals surface area contributed by atoms with E-state index < -0.39 is 5.97 Å². The number of unbranched alkanes of at least 4 members (excludes halogenated alkanes) is 4. The van der Waals surface area contributed by atoms with Crippen molar-refractivity contribution in [3.63, 3.8) is 0 Å². The van der Waals surface area contributed by atoms with E-state index in [2.05, 4.69) is 0 Å². The van der Waals surface area contributed by atoms with Crippen LogP contribution < -0.4 is 5.11 Å². The minimum atomic E-state index is -0.945. The van der Waals surface area contributed by atoms with Crippen molar-refractivity contribution in [2.24, 2.45) is 0 Å². The van der Waals surface area contributed by atoms with Gasteiger partial charge in [0, 0.05) is 5.97 Å². The molecule has 0 bridgehead atoms. The summed E-state index contributed by atoms with van der Waals surface area (Å²) < 4.78 is 4.73. The van der Waals surface area contributed by atoms with Gasteiger partial charge in [0.05, 0.1) is 13.4 Å². The van der Waals surface area contributed by atoms with Crippen molar-refractivity contribution < 1.29 is 14.6 Å². The highest BCUT2D eigenvalue weighted by Gasteiger charge is 1.89. The first kappa shape index (κ1) is 12.0. The van der Waals surface area contributed by atoms with E-state index in [1.54, 1.807) is 13.4 Å². The topological polar surface area (TPSA) is 49.4 Å². The number of rotatable bonds is 8. The zero-order valence-electron chi connectivity index (χ0n) is 8.12. The van der Waals surface area contributed by atoms with Crippen LogP contribution in [0.2, 0.25) is 0 Å². The Morgan fingerprint density at radius 3 is 2.62 bits per heavy atom. The van der Waals surface area contributed by atoms with Crippen LogP contribution in [0.5, 0.6) is 0 Å². The van der Waals surface area contributed by atoms with Crippen LogP contribution >= 0.6 is 0 Å². The first-order valence-corrected chi connectivity index (χ1v) is 4.65. The fraction of sp³-hybridized carbons (Fsp3) is 0.700. The van der Waals surface area contributed by atoms with Crippen LogP contribution in [-0.4, -0.2) is 13.1 Å². The molecule has 0 aromatic heterocycles. The summed E-state index contributed by atoms with van der Waals surface area (Å²) in [5.74, 6) is -0.945. The van der Waals surface area contributed by atoms with E-state index in [0.29, 0.717) is 0 Å². The molecular formula is C10H17O3-. The molecule has 0 aliphatic carbocycles. The van der Waals surface area contributed by atoms with Crippen LogP contribution in [0.1, 0.15) is 38.5 Å². The van der Waals surface area contributed by atoms with E-state index >= 15 is 0 Å². The Bertz CT molecular complexity index is 152. The van der Waals surface area contributed by atoms with Crippen LogP contribution in [0.25, 0.3) is 0 Å². The predicted octanol–water partition coefficient (Wildman–Crippen LogP) is 1.24. The van der Waals surface area contributed by atoms with Gasteiger partial charge in [0.15, 0.2) is 0 Å². The highest BCUT2D eigenvalue weighted by Crippen LogP contribution is 2.05. The minimum Gasteiger partial charge on any atom is -0.550 e. The summed E-state index contributed by atoms with van der Waals surface area (Å²) in [6.07, 6.45) is 8.69. The Morgan fingerprint density at radius 2 is 2.00 bits per heavy atom. The number of methoxy groups -OCH3 is 1. The van der Waals surface area contributed by atoms with Crippen molar-refractivity contribution in [3.05, 3.63) is 12.3 Å². The lowest BCUT2D eigenvalue weighted by atomic mass is 10.1. The zero-order chi connectivity index (χ0) is 9.94. The summed E-state index contributed by atoms with van der Waals surface area (Å²) >= 11 is 0. The maximum absolute atomic E-state index is 10.0. The quantitative estimate of drug-likeness (QED) is 0.422. The molecular weight excluding hydrogens is 168 g/mol. The molecule has 0 rings (SSSR count). The zero-order valence-corrected chi connectivity index (χ0v) is 8.12. The Hall–Kier alpha value is -0.990. The number of aliphatic carboxylic acids is 1. The van der Waals surface area contributed by atoms with Gasteiger partial charge in [-0.1, -0.05) is 12.8 Å². The molecule has 0 amide bonds. The standard InChI is InChI=1S/C10H18O3/c1-13-9-7-5-3-2-4-6-8-10(11)12/h7,9H,2-6,8H2,1H3,(H,11,12)/p-1/b9-7+. The van der Waals surface area contributed by atoms with Crippen molar-refractivity contribution in [3.8, 4) is 0 Å². The largest absolute Gasteiger partial charge is 0.550 e. The van der Waals surface area contributed by atoms with Gasteiger partial charge in [0.1, 0.15) is 0 Å². The number of hydrogen-bond acceptors (Lipinski definition) is 3. The van der Waals surface area contributed by atoms with Crippen molar-refractivity contribution in [2.75, 3.05) is 7.11 Å². The van der Waals surface area contributed by atoms with Crippen LogP contribution in [0.3, 0.4) is 0 Å². The van der Waals surface area contributed by atoms with Gasteiger partial charge in [-0.3, -0.25) is 0 Å². The average molecular weight is 185 g/mol. The van der Waals surface area contributed by atoms with Crippen LogP contribution in [0.15, 0.2) is 12.3 Å². The highest BCUT2D eigenvalue weighted by atomic mass is 16.5. The van der Waals surface area contributed by atoms with Gasteiger partial charge in [-0.25, -0.2) is 0 Å². The Labute approximate surface area is 79.4 Å². The van der Waals surface area contributed by atoms with E-state index in [1.807, 2.05) is 6.08 Å². The minimum absolute atomic E-state index is 0.188. The van der Waals surface area contributed by atoms with Crippen LogP contribution in [-0.2, 0) is 9.53 Å². The van der Waals surface area contributed by atoms with Gasteiger partial charge in [0.25, 0.3) is 0 Å². The average Bonchev–Trinajstić information content (AvgIpc) is 2.09. The SMILES string of the molecule is CO/C=C/CCCCCCC(=O)[O-]. The fourth-order valence-electron chi connectivity index (χ4n) is 1.05. The highest BCUT2D eigenvalue weighted by molar-refractivity contribution is 5.63. The van der Waals surface area contributed by atoms with E-state index in [-0.39, 0.29) is 6.42 Å². The molecule has 76 valence electrons. The van der Waals surface area contributed by atoms with Crippen LogP contribution in [0.4, 0.5) is 0 Å². The molecule has 0 fully saturated rings. The second kappa shape index (κ2) is 9.10. The molecule has 0 atom stereocenters. The molecule has 0 aliphatic rings. The number of carbonyl (C=O) groups excluding carboxylic acids is 1. The molecule has 0 radical (unpaired) electrons. The number of hydrogen-bond donors (Lipinski definition) is 0. The Kier molecular flexibility index (Phi) is 8.41. The van der Waals surface area contributed by atoms with Gasteiger partial charge >= 0.3 is 0 Å². The normalized spacial score (nSPS) is 10.5. The third kappa shape index (κ3) is 11.0. The van der Waals surface area contributed by atoms with Crippen LogP contribution in [0, 0.1) is 0 Å². The number of carboxylic acid groups (broad SMARTS) is 1. The maximum atomic E-state index is 10.0. The number of carboxylic acids is 1. The second-order valence-corrected chi connectivity index (χ2v) is 2.93. The molecule has 3 nitrogen and oxygen atoms in total. The molecule has 0 saturated carbocycles. The van der Waals surface area contributed by atoms with Crippen molar-refractivity contribution in [2.45, 2.75) is 38.5 Å². The molecule has 0 heterocycles. The fourth-order valence-corrected chi connectivity index (χ4v) is 1.05. The third-order valence-electron chi connectivity index (χ3n) is 1.73. The lowest BCUT2D eigenvalue weighted by molar-refractivity contribution is -0.305. The summed E-state index contributed by atoms with van der Waals surface area (Å²) in [7, 11) is 1.62. The Morgan fingerprint density at radius 1 is 1.31 bits per heavy atom. The summed E-state index contributed by atoms with van der Waals surface area (Å²) in [6.45, 7) is 0. The third-order valence-corrected chi connectivity index (χ3v) is 1.73. The van der Waals surface area contributed by atoms with Gasteiger partial charge < -0.3 is 14.6 Å². The second-order valence-electron chi connectivity index (χ2n) is 2.93. The molecule has 0 aliphatic heterocycles. The molecule has 0 N–H and O–H groups in total. The van der Waals surface area contributed by atoms with Gasteiger partial charge in [-0.05, 0) is 31.8 Å². The Balaban J connectivity index is 2.99. The lowest BCUT2D eigenvalue weighted by Gasteiger charge is -2.00. The molecule has 3 heteroatoms. The first-order chi connectivity index (χ1) is 6.27. The smallest absolute Gasteiger partial charge is 0.0784 e. The molecule has 0 aromatic rings. The summed E-state index contributed by atoms with van der Waals surface area (Å²) in [5.41, 5.74) is 0. The first-order valence-electron chi connectivity index (χ1n) is 4.65. The van der Waals surface area contributed by atoms with Crippen molar-refractivity contribution >= 4 is 5.97 Å². The summed E-state index contributed by atoms with van der Waals surface area (Å²) in [5, 5.41) is 10.0. The molecule has 0 spiro atoms. The van der Waals surface area contributed by atoms with Crippen molar-refractivity contribution in [1.29, 1.82) is 0 Å². The van der Waals surface area contributed by atoms with Gasteiger partial charge in [0.2, 0.25) is 0 Å². The molecule has 13 heavy (non-hydrogen) atoms. The monoisotopic (exact) mass is 185 g/mol. The number of allylic oxidation sites excluding steroid dienone is 1. The molecule has 0 unspecified atom stereocenters. The van der Waals surface area contributed by atoms with E-state index in [4.69, 9.17) is 4.74 Å². The summed E-state index contributed by atoms with van der Waals surface area (Å²) in [4.78, 5) is 10.0. The van der Waals surface area contributed by atoms with Crippen molar-refractivity contribution in [1.82, 2.24) is 0 Å². The lowest BCUT2D eigenvalue weighted by Crippen LogP contribution is -2.21. The van der Waals surface area contributed by atoms with Gasteiger partial charge in [-0.2, -0.15) is 0 Å². The summed E-state index contributed by atoms with van der Waals surface area (Å²) in [6, 6.07) is 0. The van der Waals surface area contributed by atoms with E-state index in [1.165, 1.54) is 0 Å². The number of carbonyl (C=O) groups is 1. The molecule has 0 aromatic carbocycles. The van der Waals surface area contributed by atoms with Gasteiger partial charge in [-0.15, -0.1) is 0 Å². The molecule has 0 saturated heterocycles.